The van der Waals surface area contributed by atoms with Gasteiger partial charge in [-0.2, -0.15) is 0 Å². The van der Waals surface area contributed by atoms with Crippen molar-refractivity contribution in [1.29, 1.82) is 0 Å². The van der Waals surface area contributed by atoms with Gasteiger partial charge in [0, 0.05) is 18.0 Å². The lowest BCUT2D eigenvalue weighted by Gasteiger charge is -2.26. The normalized spacial score (nSPS) is 10.6. The van der Waals surface area contributed by atoms with Crippen molar-refractivity contribution in [1.82, 2.24) is 4.90 Å². The Morgan fingerprint density at radius 1 is 1.16 bits per heavy atom. The molecule has 0 saturated carbocycles. The van der Waals surface area contributed by atoms with Gasteiger partial charge in [-0.15, -0.1) is 11.3 Å². The number of ether oxygens (including phenoxy) is 1. The first-order valence-electron chi connectivity index (χ1n) is 9.34. The summed E-state index contributed by atoms with van der Waals surface area (Å²) >= 11 is 7.23. The zero-order chi connectivity index (χ0) is 18.7. The minimum absolute atomic E-state index is 0.315. The van der Waals surface area contributed by atoms with Gasteiger partial charge >= 0.3 is 5.97 Å². The second-order valence-electron chi connectivity index (χ2n) is 6.13. The van der Waals surface area contributed by atoms with E-state index >= 15 is 0 Å². The molecule has 0 aliphatic heterocycles. The SMILES string of the molecule is CCCCCN(CCCCC)C(=S)Nc1sc(CC)cc1C(=O)OC. The molecule has 0 unspecified atom stereocenters. The zero-order valence-corrected chi connectivity index (χ0v) is 17.7. The van der Waals surface area contributed by atoms with Crippen LogP contribution in [-0.2, 0) is 11.2 Å². The third-order valence-electron chi connectivity index (χ3n) is 4.11. The van der Waals surface area contributed by atoms with Crippen LogP contribution in [0.15, 0.2) is 6.07 Å². The summed E-state index contributed by atoms with van der Waals surface area (Å²) < 4.78 is 4.91. The molecule has 1 N–H and O–H groups in total. The fourth-order valence-electron chi connectivity index (χ4n) is 2.57. The summed E-state index contributed by atoms with van der Waals surface area (Å²) in [5, 5.41) is 4.82. The molecule has 1 aromatic rings. The molecule has 0 fully saturated rings. The number of carbonyl (C=O) groups excluding carboxylic acids is 1. The number of esters is 1. The number of hydrogen-bond donors (Lipinski definition) is 1. The summed E-state index contributed by atoms with van der Waals surface area (Å²) in [5.74, 6) is -0.315. The molecule has 25 heavy (non-hydrogen) atoms. The molecule has 0 aliphatic carbocycles. The standard InChI is InChI=1S/C19H32N2O2S2/c1-5-8-10-12-21(13-11-9-6-2)19(24)20-17-16(18(22)23-4)14-15(7-3)25-17/h14H,5-13H2,1-4H3,(H,20,24). The molecule has 0 amide bonds. The molecule has 0 saturated heterocycles. The molecule has 1 heterocycles. The van der Waals surface area contributed by atoms with Gasteiger partial charge in [-0.25, -0.2) is 4.79 Å². The van der Waals surface area contributed by atoms with Crippen LogP contribution >= 0.6 is 23.6 Å². The summed E-state index contributed by atoms with van der Waals surface area (Å²) in [6, 6.07) is 1.90. The number of hydrogen-bond acceptors (Lipinski definition) is 4. The van der Waals surface area contributed by atoms with Gasteiger partial charge in [-0.05, 0) is 37.5 Å². The quantitative estimate of drug-likeness (QED) is 0.311. The van der Waals surface area contributed by atoms with E-state index in [9.17, 15) is 4.79 Å². The Balaban J connectivity index is 2.82. The first-order chi connectivity index (χ1) is 12.1. The summed E-state index contributed by atoms with van der Waals surface area (Å²) in [6.45, 7) is 8.42. The van der Waals surface area contributed by atoms with E-state index in [2.05, 4.69) is 31.0 Å². The lowest BCUT2D eigenvalue weighted by Crippen LogP contribution is -2.36. The van der Waals surface area contributed by atoms with Gasteiger partial charge in [-0.1, -0.05) is 46.5 Å². The molecule has 0 aromatic carbocycles. The highest BCUT2D eigenvalue weighted by molar-refractivity contribution is 7.80. The molecule has 142 valence electrons. The van der Waals surface area contributed by atoms with Crippen molar-refractivity contribution in [3.8, 4) is 0 Å². The van der Waals surface area contributed by atoms with Gasteiger partial charge in [-0.3, -0.25) is 0 Å². The molecule has 0 radical (unpaired) electrons. The molecule has 6 heteroatoms. The number of methoxy groups -OCH3 is 1. The number of thiocarbonyl (C=S) groups is 1. The van der Waals surface area contributed by atoms with E-state index in [1.807, 2.05) is 6.07 Å². The minimum atomic E-state index is -0.315. The molecular weight excluding hydrogens is 352 g/mol. The number of aryl methyl sites for hydroxylation is 1. The Kier molecular flexibility index (Phi) is 10.7. The van der Waals surface area contributed by atoms with Crippen LogP contribution in [0.3, 0.4) is 0 Å². The summed E-state index contributed by atoms with van der Waals surface area (Å²) in [7, 11) is 1.41. The Bertz CT molecular complexity index is 534. The number of thiophene rings is 1. The van der Waals surface area contributed by atoms with Gasteiger partial charge in [0.05, 0.1) is 12.7 Å². The number of nitrogens with zero attached hydrogens (tertiary/aromatic N) is 1. The molecule has 0 spiro atoms. The van der Waals surface area contributed by atoms with Crippen LogP contribution in [0.4, 0.5) is 5.00 Å². The van der Waals surface area contributed by atoms with Crippen molar-refractivity contribution in [3.05, 3.63) is 16.5 Å². The van der Waals surface area contributed by atoms with Crippen molar-refractivity contribution in [3.63, 3.8) is 0 Å². The predicted molar refractivity (Wildman–Crippen MR) is 112 cm³/mol. The molecule has 0 bridgehead atoms. The van der Waals surface area contributed by atoms with E-state index in [0.29, 0.717) is 10.7 Å². The lowest BCUT2D eigenvalue weighted by atomic mass is 10.2. The molecule has 0 aliphatic rings. The highest BCUT2D eigenvalue weighted by atomic mass is 32.1. The van der Waals surface area contributed by atoms with Crippen LogP contribution in [0, 0.1) is 0 Å². The molecule has 4 nitrogen and oxygen atoms in total. The van der Waals surface area contributed by atoms with Crippen LogP contribution in [0.2, 0.25) is 0 Å². The van der Waals surface area contributed by atoms with Crippen LogP contribution in [0.25, 0.3) is 0 Å². The van der Waals surface area contributed by atoms with Crippen LogP contribution in [-0.4, -0.2) is 36.2 Å². The zero-order valence-electron chi connectivity index (χ0n) is 16.0. The van der Waals surface area contributed by atoms with Crippen LogP contribution < -0.4 is 5.32 Å². The molecule has 1 rings (SSSR count). The molecule has 1 aromatic heterocycles. The Morgan fingerprint density at radius 3 is 2.24 bits per heavy atom. The number of unbranched alkanes of at least 4 members (excludes halogenated alkanes) is 4. The van der Waals surface area contributed by atoms with Crippen molar-refractivity contribution in [2.75, 3.05) is 25.5 Å². The van der Waals surface area contributed by atoms with E-state index in [1.54, 1.807) is 11.3 Å². The Labute approximate surface area is 161 Å². The van der Waals surface area contributed by atoms with Gasteiger partial charge in [0.1, 0.15) is 5.00 Å². The number of carbonyl (C=O) groups is 1. The van der Waals surface area contributed by atoms with E-state index in [1.165, 1.54) is 32.8 Å². The maximum atomic E-state index is 12.0. The van der Waals surface area contributed by atoms with Crippen LogP contribution in [0.5, 0.6) is 0 Å². The van der Waals surface area contributed by atoms with Crippen molar-refractivity contribution in [2.24, 2.45) is 0 Å². The number of rotatable bonds is 11. The Hall–Kier alpha value is -1.14. The maximum absolute atomic E-state index is 12.0. The molecule has 0 atom stereocenters. The fourth-order valence-corrected chi connectivity index (χ4v) is 3.90. The second-order valence-corrected chi connectivity index (χ2v) is 7.66. The highest BCUT2D eigenvalue weighted by Gasteiger charge is 2.19. The van der Waals surface area contributed by atoms with E-state index < -0.39 is 0 Å². The van der Waals surface area contributed by atoms with Gasteiger partial charge < -0.3 is 15.0 Å². The van der Waals surface area contributed by atoms with E-state index in [0.717, 1.165) is 42.2 Å². The smallest absolute Gasteiger partial charge is 0.340 e. The van der Waals surface area contributed by atoms with Gasteiger partial charge in [0.25, 0.3) is 0 Å². The monoisotopic (exact) mass is 384 g/mol. The van der Waals surface area contributed by atoms with Crippen molar-refractivity contribution in [2.45, 2.75) is 65.7 Å². The van der Waals surface area contributed by atoms with Gasteiger partial charge in [0.2, 0.25) is 0 Å². The van der Waals surface area contributed by atoms with E-state index in [-0.39, 0.29) is 5.97 Å². The fraction of sp³-hybridized carbons (Fsp3) is 0.684. The first-order valence-corrected chi connectivity index (χ1v) is 10.6. The molecular formula is C19H32N2O2S2. The summed E-state index contributed by atoms with van der Waals surface area (Å²) in [5.41, 5.74) is 0.578. The third kappa shape index (κ3) is 7.32. The lowest BCUT2D eigenvalue weighted by molar-refractivity contribution is 0.0602. The average Bonchev–Trinajstić information content (AvgIpc) is 3.02. The largest absolute Gasteiger partial charge is 0.465 e. The highest BCUT2D eigenvalue weighted by Crippen LogP contribution is 2.29. The third-order valence-corrected chi connectivity index (χ3v) is 5.66. The topological polar surface area (TPSA) is 41.6 Å². The number of anilines is 1. The van der Waals surface area contributed by atoms with Crippen LogP contribution in [0.1, 0.15) is 74.5 Å². The minimum Gasteiger partial charge on any atom is -0.465 e. The predicted octanol–water partition coefficient (Wildman–Crippen LogP) is 5.48. The summed E-state index contributed by atoms with van der Waals surface area (Å²) in [6.07, 6.45) is 7.97. The second kappa shape index (κ2) is 12.3. The summed E-state index contributed by atoms with van der Waals surface area (Å²) in [4.78, 5) is 15.4. The first kappa shape index (κ1) is 21.9. The van der Waals surface area contributed by atoms with Crippen molar-refractivity contribution < 1.29 is 9.53 Å². The van der Waals surface area contributed by atoms with Crippen molar-refractivity contribution >= 4 is 39.6 Å². The number of nitrogens with one attached hydrogen (secondary N) is 1. The maximum Gasteiger partial charge on any atom is 0.340 e. The average molecular weight is 385 g/mol. The van der Waals surface area contributed by atoms with Gasteiger partial charge in [0.15, 0.2) is 5.11 Å². The Morgan fingerprint density at radius 2 is 1.76 bits per heavy atom. The van der Waals surface area contributed by atoms with E-state index in [4.69, 9.17) is 17.0 Å².